The molecule has 1 saturated heterocycles. The van der Waals surface area contributed by atoms with Crippen molar-refractivity contribution in [3.05, 3.63) is 27.2 Å². The van der Waals surface area contributed by atoms with Gasteiger partial charge < -0.3 is 34.2 Å². The number of H-pyrrole nitrogens is 2. The summed E-state index contributed by atoms with van der Waals surface area (Å²) in [7, 11) is -11.2. The predicted octanol–water partition coefficient (Wildman–Crippen LogP) is -10.00. The van der Waals surface area contributed by atoms with E-state index in [4.69, 9.17) is 9.63 Å². The van der Waals surface area contributed by atoms with Crippen LogP contribution in [0.2, 0.25) is 0 Å². The summed E-state index contributed by atoms with van der Waals surface area (Å²) in [6.07, 6.45) is -5.28. The molecule has 0 amide bonds. The van der Waals surface area contributed by atoms with E-state index in [1.54, 1.807) is 0 Å². The molecule has 2 unspecified atom stereocenters. The number of fused-ring (bicyclic) bond motifs is 1. The Morgan fingerprint density at radius 1 is 1.20 bits per heavy atom. The Balaban J connectivity index is 0.00000225. The standard InChI is InChI=1S/C10H14N4O12P2.2Na/c15-5-3(1-24-28(22,23)26-27(19,20)21)25-9(6(5)16)14-2-11-4-7(14)12-10(18)13-8(4)17;;/h2-3,5-6,9,15-16H,1H2,(H,22,23)(H2,19,20,21)(H2,12,13,17,18);;/q;2*+1/p-2/t3-,5-,6-,9-;;/m1../s1. The summed E-state index contributed by atoms with van der Waals surface area (Å²) in [5, 5.41) is 20.2. The van der Waals surface area contributed by atoms with Crippen molar-refractivity contribution >= 4 is 26.8 Å². The van der Waals surface area contributed by atoms with Crippen LogP contribution < -0.4 is 80.2 Å². The van der Waals surface area contributed by atoms with E-state index in [1.807, 2.05) is 4.98 Å². The van der Waals surface area contributed by atoms with E-state index >= 15 is 0 Å². The van der Waals surface area contributed by atoms with Crippen LogP contribution in [0.4, 0.5) is 0 Å². The zero-order valence-electron chi connectivity index (χ0n) is 15.4. The molecule has 2 aromatic heterocycles. The van der Waals surface area contributed by atoms with Crippen molar-refractivity contribution in [2.24, 2.45) is 0 Å². The topological polar surface area (TPSA) is 252 Å². The first-order valence-corrected chi connectivity index (χ1v) is 10.2. The maximum Gasteiger partial charge on any atom is 1.00 e. The zero-order valence-corrected chi connectivity index (χ0v) is 21.2. The minimum absolute atomic E-state index is 0. The van der Waals surface area contributed by atoms with Gasteiger partial charge in [0.1, 0.15) is 24.0 Å². The summed E-state index contributed by atoms with van der Waals surface area (Å²) >= 11 is 0. The Labute approximate surface area is 210 Å². The molecule has 5 N–H and O–H groups in total. The molecule has 3 rings (SSSR count). The van der Waals surface area contributed by atoms with Crippen LogP contribution >= 0.6 is 15.6 Å². The third-order valence-corrected chi connectivity index (χ3v) is 5.77. The van der Waals surface area contributed by atoms with Crippen LogP contribution in [-0.4, -0.2) is 59.5 Å². The van der Waals surface area contributed by atoms with E-state index in [1.165, 1.54) is 0 Å². The van der Waals surface area contributed by atoms with Gasteiger partial charge in [0.05, 0.1) is 12.9 Å². The van der Waals surface area contributed by atoms with Crippen molar-refractivity contribution < 1.29 is 107 Å². The number of nitrogens with one attached hydrogen (secondary N) is 2. The molecule has 20 heteroatoms. The first-order valence-electron chi connectivity index (χ1n) is 7.29. The molecule has 156 valence electrons. The maximum atomic E-state index is 11.7. The molecule has 1 aliphatic heterocycles. The fourth-order valence-electron chi connectivity index (χ4n) is 2.56. The monoisotopic (exact) mass is 488 g/mol. The molecule has 0 bridgehead atoms. The van der Waals surface area contributed by atoms with Crippen molar-refractivity contribution in [1.82, 2.24) is 19.5 Å². The minimum Gasteiger partial charge on any atom is -0.756 e. The second-order valence-electron chi connectivity index (χ2n) is 5.60. The first-order chi connectivity index (χ1) is 12.9. The van der Waals surface area contributed by atoms with Crippen LogP contribution in [0.5, 0.6) is 0 Å². The Hall–Kier alpha value is 0.290. The number of rotatable bonds is 6. The molecule has 6 atom stereocenters. The largest absolute Gasteiger partial charge is 1.00 e. The molecular formula is C10H12N4Na2O12P2. The summed E-state index contributed by atoms with van der Waals surface area (Å²) in [6.45, 7) is -0.987. The SMILES string of the molecule is O=c1[nH]c(=O)c2ncn([C@@H]3O[C@H](COP(=O)([O-])OP(=O)([O-])O)[C@@H](O)[C@H]3O)c2[nH]1.[Na+].[Na+]. The molecule has 3 heterocycles. The summed E-state index contributed by atoms with van der Waals surface area (Å²) in [4.78, 5) is 61.2. The van der Waals surface area contributed by atoms with Crippen molar-refractivity contribution in [2.45, 2.75) is 24.5 Å². The number of phosphoric acid groups is 2. The fraction of sp³-hybridized carbons (Fsp3) is 0.500. The Kier molecular flexibility index (Phi) is 9.90. The number of phosphoric ester groups is 1. The molecule has 1 fully saturated rings. The van der Waals surface area contributed by atoms with Gasteiger partial charge in [0.2, 0.25) is 0 Å². The zero-order chi connectivity index (χ0) is 20.9. The molecule has 0 spiro atoms. The van der Waals surface area contributed by atoms with Crippen molar-refractivity contribution in [3.8, 4) is 0 Å². The summed E-state index contributed by atoms with van der Waals surface area (Å²) < 4.78 is 35.7. The van der Waals surface area contributed by atoms with Crippen LogP contribution in [0.1, 0.15) is 6.23 Å². The van der Waals surface area contributed by atoms with E-state index in [0.717, 1.165) is 10.9 Å². The number of aromatic nitrogens is 4. The molecule has 0 aliphatic carbocycles. The number of imidazole rings is 1. The normalized spacial score (nSPS) is 27.6. The number of hydrogen-bond donors (Lipinski definition) is 5. The van der Waals surface area contributed by atoms with E-state index in [-0.39, 0.29) is 70.3 Å². The Morgan fingerprint density at radius 3 is 2.43 bits per heavy atom. The van der Waals surface area contributed by atoms with Gasteiger partial charge in [0.15, 0.2) is 11.7 Å². The van der Waals surface area contributed by atoms with Crippen molar-refractivity contribution in [1.29, 1.82) is 0 Å². The van der Waals surface area contributed by atoms with Gasteiger partial charge in [-0.25, -0.2) is 14.1 Å². The molecule has 0 aromatic carbocycles. The third-order valence-electron chi connectivity index (χ3n) is 3.68. The Morgan fingerprint density at radius 2 is 1.83 bits per heavy atom. The van der Waals surface area contributed by atoms with Crippen molar-refractivity contribution in [2.75, 3.05) is 6.61 Å². The van der Waals surface area contributed by atoms with E-state index < -0.39 is 58.0 Å². The molecule has 30 heavy (non-hydrogen) atoms. The quantitative estimate of drug-likeness (QED) is 0.187. The van der Waals surface area contributed by atoms with E-state index in [2.05, 4.69) is 18.8 Å². The van der Waals surface area contributed by atoms with Gasteiger partial charge in [-0.15, -0.1) is 0 Å². The van der Waals surface area contributed by atoms with Crippen LogP contribution in [0.3, 0.4) is 0 Å². The fourth-order valence-corrected chi connectivity index (χ4v) is 4.09. The van der Waals surface area contributed by atoms with Crippen molar-refractivity contribution in [3.63, 3.8) is 0 Å². The van der Waals surface area contributed by atoms with Crippen LogP contribution in [-0.2, 0) is 22.7 Å². The van der Waals surface area contributed by atoms with E-state index in [0.29, 0.717) is 0 Å². The third kappa shape index (κ3) is 6.42. The molecule has 16 nitrogen and oxygen atoms in total. The van der Waals surface area contributed by atoms with Gasteiger partial charge in [-0.05, 0) is 0 Å². The number of nitrogens with zero attached hydrogens (tertiary/aromatic N) is 2. The second-order valence-corrected chi connectivity index (χ2v) is 8.34. The molecular weight excluding hydrogens is 476 g/mol. The van der Waals surface area contributed by atoms with Gasteiger partial charge in [0.25, 0.3) is 21.2 Å². The summed E-state index contributed by atoms with van der Waals surface area (Å²) in [5.74, 6) is 0. The van der Waals surface area contributed by atoms with Crippen LogP contribution in [0.15, 0.2) is 15.9 Å². The van der Waals surface area contributed by atoms with Gasteiger partial charge in [-0.2, -0.15) is 0 Å². The van der Waals surface area contributed by atoms with Gasteiger partial charge in [-0.3, -0.25) is 28.5 Å². The van der Waals surface area contributed by atoms with Crippen LogP contribution in [0, 0.1) is 0 Å². The molecule has 0 saturated carbocycles. The average molecular weight is 488 g/mol. The van der Waals surface area contributed by atoms with E-state index in [9.17, 15) is 38.7 Å². The average Bonchev–Trinajstić information content (AvgIpc) is 3.06. The number of aliphatic hydroxyl groups excluding tert-OH is 2. The number of aliphatic hydroxyl groups is 2. The summed E-state index contributed by atoms with van der Waals surface area (Å²) in [6, 6.07) is 0. The summed E-state index contributed by atoms with van der Waals surface area (Å²) in [5.41, 5.74) is -2.03. The maximum absolute atomic E-state index is 11.7. The van der Waals surface area contributed by atoms with Crippen LogP contribution in [0.25, 0.3) is 11.2 Å². The van der Waals surface area contributed by atoms with Gasteiger partial charge in [0, 0.05) is 0 Å². The van der Waals surface area contributed by atoms with Gasteiger partial charge >= 0.3 is 64.8 Å². The molecule has 0 radical (unpaired) electrons. The number of hydrogen-bond acceptors (Lipinski definition) is 12. The number of ether oxygens (including phenoxy) is 1. The first kappa shape index (κ1) is 28.3. The molecule has 1 aliphatic rings. The number of aromatic amines is 2. The van der Waals surface area contributed by atoms with Gasteiger partial charge in [-0.1, -0.05) is 0 Å². The Bertz CT molecular complexity index is 1100. The second kappa shape index (κ2) is 10.5. The molecule has 2 aromatic rings. The smallest absolute Gasteiger partial charge is 0.756 e. The predicted molar refractivity (Wildman–Crippen MR) is 81.4 cm³/mol. The minimum atomic E-state index is -5.65.